The highest BCUT2D eigenvalue weighted by Gasteiger charge is 2.09. The van der Waals surface area contributed by atoms with Gasteiger partial charge in [0.25, 0.3) is 0 Å². The molecule has 2 heteroatoms. The third-order valence-corrected chi connectivity index (χ3v) is 2.75. The topological polar surface area (TPSA) is 21.3 Å². The Balaban J connectivity index is 2.89. The fraction of sp³-hybridized carbons (Fsp3) is 0.538. The molecule has 0 aliphatic heterocycles. The lowest BCUT2D eigenvalue weighted by Crippen LogP contribution is -2.16. The Kier molecular flexibility index (Phi) is 4.63. The highest BCUT2D eigenvalue weighted by atomic mass is 16.5. The number of hydrogen-bond acceptors (Lipinski definition) is 2. The minimum Gasteiger partial charge on any atom is -0.496 e. The van der Waals surface area contributed by atoms with E-state index in [0.717, 1.165) is 5.75 Å². The zero-order valence-corrected chi connectivity index (χ0v) is 10.1. The Bertz CT molecular complexity index is 309. The normalized spacial score (nSPS) is 12.5. The molecule has 84 valence electrons. The second kappa shape index (κ2) is 5.76. The lowest BCUT2D eigenvalue weighted by Gasteiger charge is -2.17. The van der Waals surface area contributed by atoms with Gasteiger partial charge in [-0.05, 0) is 37.6 Å². The monoisotopic (exact) mass is 207 g/mol. The summed E-state index contributed by atoms with van der Waals surface area (Å²) in [6, 6.07) is 6.85. The minimum absolute atomic E-state index is 0.458. The zero-order valence-electron chi connectivity index (χ0n) is 10.1. The van der Waals surface area contributed by atoms with Crippen LogP contribution in [0.4, 0.5) is 0 Å². The molecule has 0 spiro atoms. The predicted molar refractivity (Wildman–Crippen MR) is 64.4 cm³/mol. The smallest absolute Gasteiger partial charge is 0.121 e. The molecule has 2 nitrogen and oxygen atoms in total. The summed E-state index contributed by atoms with van der Waals surface area (Å²) in [6.07, 6.45) is 2.36. The Hall–Kier alpha value is -1.02. The maximum Gasteiger partial charge on any atom is 0.121 e. The van der Waals surface area contributed by atoms with E-state index in [2.05, 4.69) is 31.3 Å². The van der Waals surface area contributed by atoms with Crippen LogP contribution in [-0.4, -0.2) is 14.2 Å². The summed E-state index contributed by atoms with van der Waals surface area (Å²) in [5, 5.41) is 3.34. The van der Waals surface area contributed by atoms with Crippen molar-refractivity contribution in [2.75, 3.05) is 14.2 Å². The van der Waals surface area contributed by atoms with Gasteiger partial charge in [0.1, 0.15) is 5.75 Å². The number of rotatable bonds is 5. The standard InChI is InChI=1S/C13H21NO/c1-5-6-12(14-3)11-7-8-13(15-4)10(2)9-11/h7-9,12,14H,5-6H2,1-4H3. The summed E-state index contributed by atoms with van der Waals surface area (Å²) in [4.78, 5) is 0. The molecule has 0 aromatic heterocycles. The molecular weight excluding hydrogens is 186 g/mol. The van der Waals surface area contributed by atoms with Gasteiger partial charge in [-0.25, -0.2) is 0 Å². The molecule has 0 saturated carbocycles. The van der Waals surface area contributed by atoms with Crippen molar-refractivity contribution in [3.8, 4) is 5.75 Å². The van der Waals surface area contributed by atoms with E-state index in [1.54, 1.807) is 7.11 Å². The molecule has 0 fully saturated rings. The van der Waals surface area contributed by atoms with E-state index in [0.29, 0.717) is 6.04 Å². The number of aryl methyl sites for hydroxylation is 1. The highest BCUT2D eigenvalue weighted by molar-refractivity contribution is 5.37. The van der Waals surface area contributed by atoms with Gasteiger partial charge in [-0.15, -0.1) is 0 Å². The molecule has 0 radical (unpaired) electrons. The second-order valence-corrected chi connectivity index (χ2v) is 3.86. The molecule has 1 aromatic rings. The van der Waals surface area contributed by atoms with Crippen LogP contribution in [0.25, 0.3) is 0 Å². The van der Waals surface area contributed by atoms with Crippen LogP contribution in [-0.2, 0) is 0 Å². The van der Waals surface area contributed by atoms with Gasteiger partial charge in [0.2, 0.25) is 0 Å². The lowest BCUT2D eigenvalue weighted by atomic mass is 10.0. The zero-order chi connectivity index (χ0) is 11.3. The van der Waals surface area contributed by atoms with Crippen molar-refractivity contribution in [2.24, 2.45) is 0 Å². The molecule has 1 rings (SSSR count). The van der Waals surface area contributed by atoms with Crippen molar-refractivity contribution in [3.63, 3.8) is 0 Å². The van der Waals surface area contributed by atoms with E-state index in [9.17, 15) is 0 Å². The quantitative estimate of drug-likeness (QED) is 0.801. The van der Waals surface area contributed by atoms with Gasteiger partial charge in [0.05, 0.1) is 7.11 Å². The maximum absolute atomic E-state index is 5.25. The number of benzene rings is 1. The summed E-state index contributed by atoms with van der Waals surface area (Å²) >= 11 is 0. The fourth-order valence-corrected chi connectivity index (χ4v) is 1.88. The number of hydrogen-bond donors (Lipinski definition) is 1. The largest absolute Gasteiger partial charge is 0.496 e. The predicted octanol–water partition coefficient (Wildman–Crippen LogP) is 3.06. The summed E-state index contributed by atoms with van der Waals surface area (Å²) in [5.74, 6) is 0.963. The van der Waals surface area contributed by atoms with E-state index in [-0.39, 0.29) is 0 Å². The van der Waals surface area contributed by atoms with Crippen molar-refractivity contribution in [1.82, 2.24) is 5.32 Å². The van der Waals surface area contributed by atoms with Crippen LogP contribution in [0.2, 0.25) is 0 Å². The third kappa shape index (κ3) is 2.96. The van der Waals surface area contributed by atoms with E-state index in [4.69, 9.17) is 4.74 Å². The first-order valence-corrected chi connectivity index (χ1v) is 5.54. The average Bonchev–Trinajstić information content (AvgIpc) is 2.25. The van der Waals surface area contributed by atoms with Crippen molar-refractivity contribution in [3.05, 3.63) is 29.3 Å². The van der Waals surface area contributed by atoms with Crippen molar-refractivity contribution >= 4 is 0 Å². The second-order valence-electron chi connectivity index (χ2n) is 3.86. The summed E-state index contributed by atoms with van der Waals surface area (Å²) in [5.41, 5.74) is 2.55. The molecule has 0 amide bonds. The van der Waals surface area contributed by atoms with Crippen LogP contribution in [0.5, 0.6) is 5.75 Å². The first-order chi connectivity index (χ1) is 7.22. The Morgan fingerprint density at radius 2 is 2.13 bits per heavy atom. The van der Waals surface area contributed by atoms with E-state index < -0.39 is 0 Å². The van der Waals surface area contributed by atoms with Crippen LogP contribution in [0, 0.1) is 6.92 Å². The molecule has 1 atom stereocenters. The summed E-state index contributed by atoms with van der Waals surface area (Å²) < 4.78 is 5.25. The van der Waals surface area contributed by atoms with Gasteiger partial charge < -0.3 is 10.1 Å². The molecule has 0 saturated heterocycles. The molecule has 0 heterocycles. The first kappa shape index (κ1) is 12.1. The number of methoxy groups -OCH3 is 1. The molecule has 1 N–H and O–H groups in total. The van der Waals surface area contributed by atoms with Crippen LogP contribution in [0.1, 0.15) is 36.9 Å². The SMILES string of the molecule is CCCC(NC)c1ccc(OC)c(C)c1. The van der Waals surface area contributed by atoms with Crippen molar-refractivity contribution in [1.29, 1.82) is 0 Å². The Morgan fingerprint density at radius 1 is 1.40 bits per heavy atom. The van der Waals surface area contributed by atoms with Gasteiger partial charge in [-0.2, -0.15) is 0 Å². The van der Waals surface area contributed by atoms with Gasteiger partial charge in [0, 0.05) is 6.04 Å². The van der Waals surface area contributed by atoms with E-state index in [1.165, 1.54) is 24.0 Å². The first-order valence-electron chi connectivity index (χ1n) is 5.54. The summed E-state index contributed by atoms with van der Waals surface area (Å²) in [7, 11) is 3.73. The van der Waals surface area contributed by atoms with Gasteiger partial charge in [-0.1, -0.05) is 25.5 Å². The van der Waals surface area contributed by atoms with Crippen molar-refractivity contribution < 1.29 is 4.74 Å². The molecule has 1 unspecified atom stereocenters. The molecule has 1 aromatic carbocycles. The molecule has 0 bridgehead atoms. The third-order valence-electron chi connectivity index (χ3n) is 2.75. The van der Waals surface area contributed by atoms with Gasteiger partial charge >= 0.3 is 0 Å². The average molecular weight is 207 g/mol. The fourth-order valence-electron chi connectivity index (χ4n) is 1.88. The van der Waals surface area contributed by atoms with E-state index in [1.807, 2.05) is 13.1 Å². The number of ether oxygens (including phenoxy) is 1. The number of nitrogens with one attached hydrogen (secondary N) is 1. The van der Waals surface area contributed by atoms with Crippen LogP contribution >= 0.6 is 0 Å². The van der Waals surface area contributed by atoms with Gasteiger partial charge in [-0.3, -0.25) is 0 Å². The van der Waals surface area contributed by atoms with Crippen LogP contribution in [0.15, 0.2) is 18.2 Å². The molecule has 15 heavy (non-hydrogen) atoms. The van der Waals surface area contributed by atoms with Gasteiger partial charge in [0.15, 0.2) is 0 Å². The Labute approximate surface area is 92.6 Å². The van der Waals surface area contributed by atoms with E-state index >= 15 is 0 Å². The minimum atomic E-state index is 0.458. The lowest BCUT2D eigenvalue weighted by molar-refractivity contribution is 0.411. The maximum atomic E-state index is 5.25. The Morgan fingerprint density at radius 3 is 2.60 bits per heavy atom. The molecule has 0 aliphatic carbocycles. The van der Waals surface area contributed by atoms with Crippen LogP contribution in [0.3, 0.4) is 0 Å². The summed E-state index contributed by atoms with van der Waals surface area (Å²) in [6.45, 7) is 4.29. The molecular formula is C13H21NO. The van der Waals surface area contributed by atoms with Crippen molar-refractivity contribution in [2.45, 2.75) is 32.7 Å². The highest BCUT2D eigenvalue weighted by Crippen LogP contribution is 2.24. The van der Waals surface area contributed by atoms with Crippen LogP contribution < -0.4 is 10.1 Å². The molecule has 0 aliphatic rings.